The summed E-state index contributed by atoms with van der Waals surface area (Å²) in [7, 11) is 0. The van der Waals surface area contributed by atoms with E-state index in [0.717, 1.165) is 43.9 Å². The van der Waals surface area contributed by atoms with Crippen molar-refractivity contribution in [1.29, 1.82) is 0 Å². The highest BCUT2D eigenvalue weighted by atomic mass is 16.2. The second-order valence-corrected chi connectivity index (χ2v) is 9.41. The van der Waals surface area contributed by atoms with E-state index in [0.29, 0.717) is 6.04 Å². The second-order valence-electron chi connectivity index (χ2n) is 9.41. The standard InChI is InChI=1S/C24H34N4O/c29-23-26-22(25-20-10-4-1-5-11-20)24-13-16-27(17-14-24)15-6-2-3-8-19-9-7-12-21(18-19)28(23)24/h7,9,12,18,20H,1-6,8,10-11,13-17H2,(H,25,26,29). The number of carbonyl (C=O) groups excluding carboxylic acids is 1. The van der Waals surface area contributed by atoms with Gasteiger partial charge in [-0.05, 0) is 69.2 Å². The van der Waals surface area contributed by atoms with Crippen LogP contribution in [0.2, 0.25) is 0 Å². The van der Waals surface area contributed by atoms with E-state index in [1.807, 2.05) is 4.90 Å². The largest absolute Gasteiger partial charge is 0.369 e. The maximum Gasteiger partial charge on any atom is 0.350 e. The second kappa shape index (κ2) is 8.10. The van der Waals surface area contributed by atoms with Crippen LogP contribution in [-0.2, 0) is 6.42 Å². The monoisotopic (exact) mass is 394 g/mol. The molecule has 0 unspecified atom stereocenters. The van der Waals surface area contributed by atoms with Gasteiger partial charge in [0.15, 0.2) is 0 Å². The molecule has 2 amide bonds. The Morgan fingerprint density at radius 1 is 0.966 bits per heavy atom. The summed E-state index contributed by atoms with van der Waals surface area (Å²) in [6.45, 7) is 3.29. The molecule has 5 nitrogen and oxygen atoms in total. The molecule has 1 N–H and O–H groups in total. The van der Waals surface area contributed by atoms with Gasteiger partial charge in [-0.25, -0.2) is 4.79 Å². The Bertz CT molecular complexity index is 775. The van der Waals surface area contributed by atoms with Gasteiger partial charge >= 0.3 is 6.03 Å². The normalized spacial score (nSPS) is 30.8. The topological polar surface area (TPSA) is 47.9 Å². The van der Waals surface area contributed by atoms with Gasteiger partial charge in [0.05, 0.1) is 0 Å². The fourth-order valence-corrected chi connectivity index (χ4v) is 5.80. The van der Waals surface area contributed by atoms with E-state index in [-0.39, 0.29) is 11.6 Å². The Morgan fingerprint density at radius 3 is 2.59 bits per heavy atom. The maximum atomic E-state index is 13.2. The van der Waals surface area contributed by atoms with Crippen molar-refractivity contribution in [2.75, 3.05) is 24.5 Å². The van der Waals surface area contributed by atoms with Crippen LogP contribution >= 0.6 is 0 Å². The molecule has 1 saturated heterocycles. The summed E-state index contributed by atoms with van der Waals surface area (Å²) in [4.78, 5) is 22.5. The van der Waals surface area contributed by atoms with Crippen LogP contribution in [0.3, 0.4) is 0 Å². The number of fused-ring (bicyclic) bond motifs is 6. The first-order valence-corrected chi connectivity index (χ1v) is 11.8. The first kappa shape index (κ1) is 19.1. The Morgan fingerprint density at radius 2 is 1.76 bits per heavy atom. The molecule has 4 aliphatic heterocycles. The quantitative estimate of drug-likeness (QED) is 0.762. The first-order valence-electron chi connectivity index (χ1n) is 11.8. The van der Waals surface area contributed by atoms with Gasteiger partial charge in [-0.15, -0.1) is 0 Å². The molecule has 1 saturated carbocycles. The van der Waals surface area contributed by atoms with Crippen LogP contribution in [-0.4, -0.2) is 48.0 Å². The summed E-state index contributed by atoms with van der Waals surface area (Å²) < 4.78 is 0. The summed E-state index contributed by atoms with van der Waals surface area (Å²) in [6.07, 6.45) is 13.1. The van der Waals surface area contributed by atoms with E-state index in [1.54, 1.807) is 0 Å². The number of amidine groups is 1. The molecule has 5 heteroatoms. The summed E-state index contributed by atoms with van der Waals surface area (Å²) in [5.41, 5.74) is 2.08. The molecule has 2 fully saturated rings. The lowest BCUT2D eigenvalue weighted by atomic mass is 9.83. The smallest absolute Gasteiger partial charge is 0.350 e. The highest BCUT2D eigenvalue weighted by Gasteiger charge is 2.52. The number of benzene rings is 1. The lowest BCUT2D eigenvalue weighted by Gasteiger charge is -2.45. The van der Waals surface area contributed by atoms with Crippen molar-refractivity contribution in [1.82, 2.24) is 10.2 Å². The number of carbonyl (C=O) groups is 1. The molecule has 0 atom stereocenters. The number of hydrogen-bond donors (Lipinski definition) is 1. The molecule has 1 aliphatic carbocycles. The molecule has 6 rings (SSSR count). The number of anilines is 1. The fourth-order valence-electron chi connectivity index (χ4n) is 5.80. The van der Waals surface area contributed by atoms with E-state index < -0.39 is 0 Å². The zero-order chi connectivity index (χ0) is 19.7. The van der Waals surface area contributed by atoms with Crippen molar-refractivity contribution in [3.8, 4) is 0 Å². The van der Waals surface area contributed by atoms with Crippen LogP contribution in [0.25, 0.3) is 0 Å². The molecular formula is C24H34N4O. The predicted octanol–water partition coefficient (Wildman–Crippen LogP) is 4.51. The van der Waals surface area contributed by atoms with Crippen molar-refractivity contribution in [3.05, 3.63) is 29.8 Å². The Kier molecular flexibility index (Phi) is 5.33. The SMILES string of the molecule is O=C1N=C(NC2CCCCC2)C23CCN(CCCCCc4cccc(c4)N12)CC3. The number of rotatable bonds is 1. The van der Waals surface area contributed by atoms with Gasteiger partial charge in [0.1, 0.15) is 11.4 Å². The molecule has 29 heavy (non-hydrogen) atoms. The molecule has 4 bridgehead atoms. The highest BCUT2D eigenvalue weighted by molar-refractivity contribution is 6.16. The number of amides is 2. The number of aliphatic imine (C=N–C) groups is 1. The summed E-state index contributed by atoms with van der Waals surface area (Å²) in [6, 6.07) is 9.06. The highest BCUT2D eigenvalue weighted by Crippen LogP contribution is 2.39. The number of nitrogens with zero attached hydrogens (tertiary/aromatic N) is 3. The van der Waals surface area contributed by atoms with Crippen LogP contribution in [0.15, 0.2) is 29.3 Å². The zero-order valence-electron chi connectivity index (χ0n) is 17.5. The van der Waals surface area contributed by atoms with E-state index in [9.17, 15) is 4.79 Å². The average Bonchev–Trinajstić information content (AvgIpc) is 3.01. The van der Waals surface area contributed by atoms with Crippen molar-refractivity contribution < 1.29 is 4.79 Å². The lowest BCUT2D eigenvalue weighted by Crippen LogP contribution is -2.62. The molecule has 0 radical (unpaired) electrons. The van der Waals surface area contributed by atoms with Crippen molar-refractivity contribution >= 4 is 17.6 Å². The van der Waals surface area contributed by atoms with Gasteiger partial charge in [-0.1, -0.05) is 37.8 Å². The molecular weight excluding hydrogens is 360 g/mol. The molecule has 0 aromatic heterocycles. The molecule has 1 aromatic carbocycles. The fraction of sp³-hybridized carbons (Fsp3) is 0.667. The summed E-state index contributed by atoms with van der Waals surface area (Å²) >= 11 is 0. The zero-order valence-corrected chi connectivity index (χ0v) is 17.5. The lowest BCUT2D eigenvalue weighted by molar-refractivity contribution is 0.185. The third-order valence-corrected chi connectivity index (χ3v) is 7.51. The number of nitrogens with one attached hydrogen (secondary N) is 1. The minimum absolute atomic E-state index is 0.0798. The summed E-state index contributed by atoms with van der Waals surface area (Å²) in [5.74, 6) is 0.953. The molecule has 1 spiro atoms. The van der Waals surface area contributed by atoms with Crippen LogP contribution < -0.4 is 10.2 Å². The Balaban J connectivity index is 1.50. The Hall–Kier alpha value is -1.88. The number of aryl methyl sites for hydroxylation is 1. The third kappa shape index (κ3) is 3.70. The van der Waals surface area contributed by atoms with E-state index in [1.165, 1.54) is 63.5 Å². The van der Waals surface area contributed by atoms with Crippen molar-refractivity contribution in [3.63, 3.8) is 0 Å². The number of hydrogen-bond acceptors (Lipinski definition) is 3. The maximum absolute atomic E-state index is 13.2. The van der Waals surface area contributed by atoms with Crippen LogP contribution in [0.4, 0.5) is 10.5 Å². The molecule has 4 heterocycles. The Labute approximate surface area is 174 Å². The van der Waals surface area contributed by atoms with E-state index >= 15 is 0 Å². The predicted molar refractivity (Wildman–Crippen MR) is 118 cm³/mol. The molecule has 156 valence electrons. The molecule has 1 aromatic rings. The third-order valence-electron chi connectivity index (χ3n) is 7.51. The average molecular weight is 395 g/mol. The molecule has 5 aliphatic rings. The minimum atomic E-state index is -0.294. The van der Waals surface area contributed by atoms with Crippen LogP contribution in [0.5, 0.6) is 0 Å². The van der Waals surface area contributed by atoms with Gasteiger partial charge in [-0.3, -0.25) is 4.90 Å². The van der Waals surface area contributed by atoms with Gasteiger partial charge in [0.25, 0.3) is 0 Å². The van der Waals surface area contributed by atoms with Gasteiger partial charge < -0.3 is 10.2 Å². The van der Waals surface area contributed by atoms with Gasteiger partial charge in [0, 0.05) is 24.8 Å². The summed E-state index contributed by atoms with van der Waals surface area (Å²) in [5, 5.41) is 3.77. The van der Waals surface area contributed by atoms with Crippen LogP contribution in [0, 0.1) is 0 Å². The van der Waals surface area contributed by atoms with E-state index in [2.05, 4.69) is 39.5 Å². The number of piperidine rings is 1. The van der Waals surface area contributed by atoms with Crippen molar-refractivity contribution in [2.24, 2.45) is 4.99 Å². The van der Waals surface area contributed by atoms with Crippen molar-refractivity contribution in [2.45, 2.75) is 82.2 Å². The first-order chi connectivity index (χ1) is 14.2. The van der Waals surface area contributed by atoms with Gasteiger partial charge in [0.2, 0.25) is 0 Å². The van der Waals surface area contributed by atoms with Gasteiger partial charge in [-0.2, -0.15) is 4.99 Å². The van der Waals surface area contributed by atoms with Crippen LogP contribution in [0.1, 0.15) is 69.8 Å². The van der Waals surface area contributed by atoms with E-state index in [4.69, 9.17) is 0 Å². The minimum Gasteiger partial charge on any atom is -0.369 e. The number of urea groups is 1.